The molecule has 4 atom stereocenters. The molecule has 1 saturated heterocycles. The molecule has 230 valence electrons. The number of carbonyl (C=O) groups is 1. The highest BCUT2D eigenvalue weighted by molar-refractivity contribution is 6.74. The molecule has 13 heteroatoms. The summed E-state index contributed by atoms with van der Waals surface area (Å²) in [6.07, 6.45) is -5.14. The Hall–Kier alpha value is -1.84. The average Bonchev–Trinajstić information content (AvgIpc) is 3.03. The number of ether oxygens (including phenoxy) is 1. The number of hydrogen-bond acceptors (Lipinski definition) is 6. The minimum absolute atomic E-state index is 0.184. The molecule has 0 spiro atoms. The fourth-order valence-corrected chi connectivity index (χ4v) is 6.45. The van der Waals surface area contributed by atoms with Crippen LogP contribution in [-0.2, 0) is 13.6 Å². The van der Waals surface area contributed by atoms with E-state index < -0.39 is 70.2 Å². The molecule has 9 nitrogen and oxygen atoms in total. The van der Waals surface area contributed by atoms with Crippen molar-refractivity contribution in [1.82, 2.24) is 14.5 Å². The van der Waals surface area contributed by atoms with Gasteiger partial charge in [-0.1, -0.05) is 41.5 Å². The fourth-order valence-electron chi connectivity index (χ4n) is 4.11. The molecule has 1 aromatic heterocycles. The van der Waals surface area contributed by atoms with E-state index in [-0.39, 0.29) is 16.7 Å². The largest absolute Gasteiger partial charge is 0.444 e. The zero-order valence-corrected chi connectivity index (χ0v) is 28.3. The van der Waals surface area contributed by atoms with E-state index in [0.717, 1.165) is 10.6 Å². The highest BCUT2D eigenvalue weighted by Crippen LogP contribution is 2.48. The molecule has 0 saturated carbocycles. The summed E-state index contributed by atoms with van der Waals surface area (Å²) in [6.45, 7) is 24.8. The molecule has 0 aromatic carbocycles. The van der Waals surface area contributed by atoms with E-state index in [1.807, 2.05) is 67.7 Å². The van der Waals surface area contributed by atoms with Gasteiger partial charge in [-0.05, 0) is 57.0 Å². The van der Waals surface area contributed by atoms with Gasteiger partial charge in [0.05, 0.1) is 24.7 Å². The smallest absolute Gasteiger partial charge is 0.412 e. The first-order valence-corrected chi connectivity index (χ1v) is 19.5. The summed E-state index contributed by atoms with van der Waals surface area (Å²) in [4.78, 5) is 42.2. The second-order valence-electron chi connectivity index (χ2n) is 14.7. The van der Waals surface area contributed by atoms with Crippen LogP contribution in [-0.4, -0.2) is 68.0 Å². The van der Waals surface area contributed by atoms with Crippen molar-refractivity contribution in [3.05, 3.63) is 33.1 Å². The van der Waals surface area contributed by atoms with Gasteiger partial charge in [-0.2, -0.15) is 0 Å². The van der Waals surface area contributed by atoms with E-state index in [2.05, 4.69) is 4.98 Å². The Morgan fingerprint density at radius 2 is 1.50 bits per heavy atom. The second kappa shape index (κ2) is 11.4. The Morgan fingerprint density at radius 1 is 0.975 bits per heavy atom. The number of halogens is 2. The maximum Gasteiger partial charge on any atom is 0.412 e. The van der Waals surface area contributed by atoms with Gasteiger partial charge in [0.25, 0.3) is 5.56 Å². The van der Waals surface area contributed by atoms with E-state index in [1.165, 1.54) is 11.1 Å². The van der Waals surface area contributed by atoms with Crippen molar-refractivity contribution in [1.29, 1.82) is 0 Å². The van der Waals surface area contributed by atoms with Crippen molar-refractivity contribution in [3.63, 3.8) is 0 Å². The Labute approximate surface area is 238 Å². The standard InChI is InChI=1S/C27H49F2N3O6Si2/c1-25(2,3)37-24(35)32-17(16-36-39(10,11)26(4,5)6)19(21(28)29)20(38-40(12,13)27(7,8)9)22(32)31-15-14-18(33)30-23(31)34/h14-15,17,19-22H,16H2,1-13H3,(H,30,33,34)/t17-,19-,20-,22-/m1/s1. The molecule has 1 N–H and O–H groups in total. The van der Waals surface area contributed by atoms with Crippen molar-refractivity contribution in [3.8, 4) is 0 Å². The maximum absolute atomic E-state index is 15.2. The Balaban J connectivity index is 2.84. The van der Waals surface area contributed by atoms with Crippen molar-refractivity contribution in [2.45, 2.75) is 129 Å². The molecule has 2 rings (SSSR count). The van der Waals surface area contributed by atoms with Crippen LogP contribution in [0.25, 0.3) is 0 Å². The molecule has 1 aromatic rings. The van der Waals surface area contributed by atoms with Crippen molar-refractivity contribution >= 4 is 22.7 Å². The number of likely N-dealkylation sites (tertiary alicyclic amines) is 1. The summed E-state index contributed by atoms with van der Waals surface area (Å²) in [7, 11) is -5.16. The molecule has 40 heavy (non-hydrogen) atoms. The Kier molecular flexibility index (Phi) is 9.83. The first kappa shape index (κ1) is 34.4. The lowest BCUT2D eigenvalue weighted by molar-refractivity contribution is -0.0101. The molecule has 1 aliphatic rings. The lowest BCUT2D eigenvalue weighted by Gasteiger charge is -2.41. The number of aromatic amines is 1. The minimum atomic E-state index is -2.91. The van der Waals surface area contributed by atoms with Crippen LogP contribution in [0.15, 0.2) is 21.9 Å². The number of carbonyl (C=O) groups excluding carboxylic acids is 1. The van der Waals surface area contributed by atoms with E-state index in [9.17, 15) is 14.4 Å². The predicted octanol–water partition coefficient (Wildman–Crippen LogP) is 5.95. The number of alkyl halides is 2. The minimum Gasteiger partial charge on any atom is -0.444 e. The third-order valence-corrected chi connectivity index (χ3v) is 17.4. The predicted molar refractivity (Wildman–Crippen MR) is 157 cm³/mol. The quantitative estimate of drug-likeness (QED) is 0.386. The number of H-pyrrole nitrogens is 1. The van der Waals surface area contributed by atoms with E-state index in [4.69, 9.17) is 13.6 Å². The van der Waals surface area contributed by atoms with Crippen LogP contribution in [0.4, 0.5) is 13.6 Å². The van der Waals surface area contributed by atoms with Crippen molar-refractivity contribution in [2.75, 3.05) is 6.61 Å². The Bertz CT molecular complexity index is 1160. The van der Waals surface area contributed by atoms with Gasteiger partial charge in [-0.3, -0.25) is 19.2 Å². The highest BCUT2D eigenvalue weighted by atomic mass is 28.4. The van der Waals surface area contributed by atoms with Crippen LogP contribution in [0.1, 0.15) is 68.5 Å². The van der Waals surface area contributed by atoms with Crippen molar-refractivity contribution < 1.29 is 27.2 Å². The van der Waals surface area contributed by atoms with Gasteiger partial charge in [-0.15, -0.1) is 0 Å². The van der Waals surface area contributed by atoms with Crippen molar-refractivity contribution in [2.24, 2.45) is 5.92 Å². The van der Waals surface area contributed by atoms with Gasteiger partial charge in [0.1, 0.15) is 11.8 Å². The zero-order valence-electron chi connectivity index (χ0n) is 26.3. The second-order valence-corrected chi connectivity index (χ2v) is 24.3. The van der Waals surface area contributed by atoms with Gasteiger partial charge in [0, 0.05) is 12.3 Å². The van der Waals surface area contributed by atoms with Crippen LogP contribution in [0.5, 0.6) is 0 Å². The molecular formula is C27H49F2N3O6Si2. The molecular weight excluding hydrogens is 556 g/mol. The molecule has 0 aliphatic carbocycles. The van der Waals surface area contributed by atoms with E-state index in [1.54, 1.807) is 20.8 Å². The van der Waals surface area contributed by atoms with Crippen LogP contribution in [0, 0.1) is 5.92 Å². The van der Waals surface area contributed by atoms with Gasteiger partial charge >= 0.3 is 11.8 Å². The number of aromatic nitrogens is 2. The molecule has 2 heterocycles. The topological polar surface area (TPSA) is 103 Å². The molecule has 0 bridgehead atoms. The zero-order chi connectivity index (χ0) is 31.2. The molecule has 1 aliphatic heterocycles. The first-order valence-electron chi connectivity index (χ1n) is 13.7. The lowest BCUT2D eigenvalue weighted by Crippen LogP contribution is -2.51. The van der Waals surface area contributed by atoms with Gasteiger partial charge in [0.2, 0.25) is 6.43 Å². The summed E-state index contributed by atoms with van der Waals surface area (Å²) < 4.78 is 50.2. The number of rotatable bonds is 7. The SMILES string of the molecule is CC(C)(C)OC(=O)N1[C@H](CO[Si](C)(C)C(C)(C)C)[C@@H](C(F)F)[C@@H](O[Si](C)(C)C(C)(C)C)[C@@H]1n1ccc(=O)[nH]c1=O. The number of nitrogens with one attached hydrogen (secondary N) is 1. The summed E-state index contributed by atoms with van der Waals surface area (Å²) in [5.74, 6) is -1.49. The monoisotopic (exact) mass is 605 g/mol. The summed E-state index contributed by atoms with van der Waals surface area (Å²) in [5.41, 5.74) is -2.43. The number of nitrogens with zero attached hydrogens (tertiary/aromatic N) is 2. The normalized spacial score (nSPS) is 23.1. The summed E-state index contributed by atoms with van der Waals surface area (Å²) >= 11 is 0. The van der Waals surface area contributed by atoms with Crippen LogP contribution in [0.3, 0.4) is 0 Å². The molecule has 1 fully saturated rings. The maximum atomic E-state index is 15.2. The third kappa shape index (κ3) is 7.51. The van der Waals surface area contributed by atoms with Crippen LogP contribution < -0.4 is 11.2 Å². The van der Waals surface area contributed by atoms with Crippen LogP contribution in [0.2, 0.25) is 36.3 Å². The van der Waals surface area contributed by atoms with Gasteiger partial charge in [-0.25, -0.2) is 18.4 Å². The molecule has 0 radical (unpaired) electrons. The number of amides is 1. The third-order valence-electron chi connectivity index (χ3n) is 8.45. The summed E-state index contributed by atoms with van der Waals surface area (Å²) in [5, 5.41) is -0.568. The fraction of sp³-hybridized carbons (Fsp3) is 0.815. The van der Waals surface area contributed by atoms with Gasteiger partial charge < -0.3 is 13.6 Å². The first-order chi connectivity index (χ1) is 17.8. The Morgan fingerprint density at radius 3 is 1.93 bits per heavy atom. The number of hydrogen-bond donors (Lipinski definition) is 1. The summed E-state index contributed by atoms with van der Waals surface area (Å²) in [6, 6.07) is -0.0443. The van der Waals surface area contributed by atoms with Crippen LogP contribution >= 0.6 is 0 Å². The average molecular weight is 606 g/mol. The van der Waals surface area contributed by atoms with Gasteiger partial charge in [0.15, 0.2) is 16.6 Å². The van der Waals surface area contributed by atoms with E-state index >= 15 is 8.78 Å². The molecule has 0 unspecified atom stereocenters. The highest BCUT2D eigenvalue weighted by Gasteiger charge is 2.59. The lowest BCUT2D eigenvalue weighted by atomic mass is 9.98. The molecule has 1 amide bonds. The van der Waals surface area contributed by atoms with E-state index in [0.29, 0.717) is 0 Å².